The van der Waals surface area contributed by atoms with Gasteiger partial charge in [-0.25, -0.2) is 4.98 Å². The molecule has 0 aliphatic rings. The highest BCUT2D eigenvalue weighted by Gasteiger charge is 2.05. The first-order valence-corrected chi connectivity index (χ1v) is 6.49. The summed E-state index contributed by atoms with van der Waals surface area (Å²) < 4.78 is 0.902. The summed E-state index contributed by atoms with van der Waals surface area (Å²) in [6.45, 7) is 2.50. The van der Waals surface area contributed by atoms with Gasteiger partial charge in [-0.2, -0.15) is 0 Å². The molecule has 0 atom stereocenters. The van der Waals surface area contributed by atoms with Crippen molar-refractivity contribution in [3.05, 3.63) is 52.0 Å². The molecule has 94 valence electrons. The highest BCUT2D eigenvalue weighted by molar-refractivity contribution is 9.10. The molecule has 0 aliphatic carbocycles. The number of aromatic amines is 1. The Labute approximate surface area is 114 Å². The number of aryl methyl sites for hydroxylation is 1. The second-order valence-corrected chi connectivity index (χ2v) is 4.93. The average Bonchev–Trinajstić information content (AvgIpc) is 2.75. The normalized spacial score (nSPS) is 10.3. The molecule has 0 aliphatic heterocycles. The van der Waals surface area contributed by atoms with Gasteiger partial charge in [-0.3, -0.25) is 4.79 Å². The van der Waals surface area contributed by atoms with E-state index in [2.05, 4.69) is 31.2 Å². The van der Waals surface area contributed by atoms with Crippen LogP contribution < -0.4 is 5.32 Å². The summed E-state index contributed by atoms with van der Waals surface area (Å²) in [5, 5.41) is 2.88. The van der Waals surface area contributed by atoms with Crippen LogP contribution in [0, 0.1) is 6.92 Å². The smallest absolute Gasteiger partial charge is 0.251 e. The Morgan fingerprint density at radius 2 is 2.33 bits per heavy atom. The number of nitrogens with zero attached hydrogens (tertiary/aromatic N) is 1. The van der Waals surface area contributed by atoms with Gasteiger partial charge in [0, 0.05) is 34.9 Å². The zero-order valence-electron chi connectivity index (χ0n) is 10.0. The maximum Gasteiger partial charge on any atom is 0.251 e. The van der Waals surface area contributed by atoms with Crippen molar-refractivity contribution in [2.75, 3.05) is 6.54 Å². The number of hydrogen-bond acceptors (Lipinski definition) is 2. The zero-order valence-corrected chi connectivity index (χ0v) is 11.6. The van der Waals surface area contributed by atoms with Gasteiger partial charge in [0.1, 0.15) is 5.82 Å². The summed E-state index contributed by atoms with van der Waals surface area (Å²) in [6, 6.07) is 7.33. The molecule has 0 saturated carbocycles. The number of amides is 1. The number of benzene rings is 1. The number of carbonyl (C=O) groups is 1. The summed E-state index contributed by atoms with van der Waals surface area (Å²) in [5.41, 5.74) is 1.69. The van der Waals surface area contributed by atoms with E-state index in [-0.39, 0.29) is 5.91 Å². The van der Waals surface area contributed by atoms with Crippen molar-refractivity contribution >= 4 is 21.8 Å². The summed E-state index contributed by atoms with van der Waals surface area (Å²) in [4.78, 5) is 19.1. The van der Waals surface area contributed by atoms with Crippen LogP contribution in [0.15, 0.2) is 34.9 Å². The molecular weight excluding hydrogens is 294 g/mol. The number of hydrogen-bond donors (Lipinski definition) is 2. The Balaban J connectivity index is 1.85. The van der Waals surface area contributed by atoms with Crippen molar-refractivity contribution < 1.29 is 4.79 Å². The van der Waals surface area contributed by atoms with Crippen LogP contribution in [0.1, 0.15) is 21.9 Å². The number of imidazole rings is 1. The van der Waals surface area contributed by atoms with Crippen LogP contribution in [-0.4, -0.2) is 22.4 Å². The lowest BCUT2D eigenvalue weighted by Crippen LogP contribution is -2.25. The summed E-state index contributed by atoms with van der Waals surface area (Å²) >= 11 is 3.34. The van der Waals surface area contributed by atoms with E-state index in [4.69, 9.17) is 0 Å². The molecule has 18 heavy (non-hydrogen) atoms. The van der Waals surface area contributed by atoms with Crippen LogP contribution in [0.2, 0.25) is 0 Å². The zero-order chi connectivity index (χ0) is 13.0. The first-order valence-electron chi connectivity index (χ1n) is 5.69. The molecule has 0 fully saturated rings. The van der Waals surface area contributed by atoms with Gasteiger partial charge in [0.2, 0.25) is 0 Å². The first kappa shape index (κ1) is 12.8. The van der Waals surface area contributed by atoms with Crippen LogP contribution in [0.5, 0.6) is 0 Å². The van der Waals surface area contributed by atoms with Gasteiger partial charge < -0.3 is 10.3 Å². The lowest BCUT2D eigenvalue weighted by molar-refractivity contribution is 0.0954. The lowest BCUT2D eigenvalue weighted by Gasteiger charge is -2.04. The molecular formula is C13H14BrN3O. The van der Waals surface area contributed by atoms with Gasteiger partial charge in [0.25, 0.3) is 5.91 Å². The fraction of sp³-hybridized carbons (Fsp3) is 0.231. The summed E-state index contributed by atoms with van der Waals surface area (Å²) in [5.74, 6) is 0.829. The third-order valence-electron chi connectivity index (χ3n) is 2.52. The molecule has 0 saturated heterocycles. The van der Waals surface area contributed by atoms with Crippen LogP contribution in [0.4, 0.5) is 0 Å². The van der Waals surface area contributed by atoms with E-state index in [1.807, 2.05) is 19.1 Å². The predicted octanol–water partition coefficient (Wildman–Crippen LogP) is 2.45. The Morgan fingerprint density at radius 1 is 1.50 bits per heavy atom. The molecule has 4 nitrogen and oxygen atoms in total. The average molecular weight is 308 g/mol. The molecule has 0 spiro atoms. The highest BCUT2D eigenvalue weighted by atomic mass is 79.9. The number of halogens is 1. The van der Waals surface area contributed by atoms with Crippen molar-refractivity contribution in [3.63, 3.8) is 0 Å². The fourth-order valence-corrected chi connectivity index (χ4v) is 2.04. The largest absolute Gasteiger partial charge is 0.352 e. The monoisotopic (exact) mass is 307 g/mol. The fourth-order valence-electron chi connectivity index (χ4n) is 1.64. The Hall–Kier alpha value is -1.62. The molecule has 1 aromatic heterocycles. The van der Waals surface area contributed by atoms with Gasteiger partial charge in [-0.15, -0.1) is 0 Å². The van der Waals surface area contributed by atoms with Crippen molar-refractivity contribution in [2.24, 2.45) is 0 Å². The predicted molar refractivity (Wildman–Crippen MR) is 73.5 cm³/mol. The molecule has 1 amide bonds. The van der Waals surface area contributed by atoms with Crippen molar-refractivity contribution in [2.45, 2.75) is 13.3 Å². The van der Waals surface area contributed by atoms with Crippen LogP contribution in [0.25, 0.3) is 0 Å². The van der Waals surface area contributed by atoms with Crippen LogP contribution in [0.3, 0.4) is 0 Å². The maximum absolute atomic E-state index is 11.8. The van der Waals surface area contributed by atoms with E-state index in [9.17, 15) is 4.79 Å². The molecule has 1 aromatic carbocycles. The molecule has 2 aromatic rings. The lowest BCUT2D eigenvalue weighted by atomic mass is 10.2. The Morgan fingerprint density at radius 3 is 3.00 bits per heavy atom. The summed E-state index contributed by atoms with van der Waals surface area (Å²) in [6.07, 6.45) is 2.54. The van der Waals surface area contributed by atoms with E-state index in [0.717, 1.165) is 22.4 Å². The third kappa shape index (κ3) is 3.43. The van der Waals surface area contributed by atoms with E-state index in [1.54, 1.807) is 18.3 Å². The van der Waals surface area contributed by atoms with E-state index in [1.165, 1.54) is 0 Å². The van der Waals surface area contributed by atoms with Crippen LogP contribution in [-0.2, 0) is 6.42 Å². The first-order chi connectivity index (χ1) is 8.65. The van der Waals surface area contributed by atoms with Gasteiger partial charge in [0.05, 0.1) is 0 Å². The number of H-pyrrole nitrogens is 1. The van der Waals surface area contributed by atoms with Crippen molar-refractivity contribution in [1.82, 2.24) is 15.3 Å². The topological polar surface area (TPSA) is 57.8 Å². The number of aromatic nitrogens is 2. The summed E-state index contributed by atoms with van der Waals surface area (Å²) in [7, 11) is 0. The van der Waals surface area contributed by atoms with E-state index >= 15 is 0 Å². The van der Waals surface area contributed by atoms with E-state index in [0.29, 0.717) is 12.1 Å². The van der Waals surface area contributed by atoms with Crippen molar-refractivity contribution in [1.29, 1.82) is 0 Å². The maximum atomic E-state index is 11.8. The number of rotatable bonds is 4. The molecule has 0 unspecified atom stereocenters. The van der Waals surface area contributed by atoms with Gasteiger partial charge >= 0.3 is 0 Å². The highest BCUT2D eigenvalue weighted by Crippen LogP contribution is 2.11. The Kier molecular flexibility index (Phi) is 4.15. The van der Waals surface area contributed by atoms with E-state index < -0.39 is 0 Å². The third-order valence-corrected chi connectivity index (χ3v) is 3.02. The molecule has 0 radical (unpaired) electrons. The number of carbonyl (C=O) groups excluding carboxylic acids is 1. The van der Waals surface area contributed by atoms with Gasteiger partial charge in [0.15, 0.2) is 0 Å². The molecule has 5 heteroatoms. The minimum Gasteiger partial charge on any atom is -0.352 e. The molecule has 0 bridgehead atoms. The Bertz CT molecular complexity index is 551. The van der Waals surface area contributed by atoms with Gasteiger partial charge in [-0.1, -0.05) is 22.0 Å². The SMILES string of the molecule is Cc1ncc(CCNC(=O)c2cccc(Br)c2)[nH]1. The molecule has 2 rings (SSSR count). The molecule has 1 heterocycles. The second kappa shape index (κ2) is 5.82. The minimum absolute atomic E-state index is 0.0625. The van der Waals surface area contributed by atoms with Crippen molar-refractivity contribution in [3.8, 4) is 0 Å². The number of nitrogens with one attached hydrogen (secondary N) is 2. The minimum atomic E-state index is -0.0625. The standard InChI is InChI=1S/C13H14BrN3O/c1-9-16-8-12(17-9)5-6-15-13(18)10-3-2-4-11(14)7-10/h2-4,7-8H,5-6H2,1H3,(H,15,18)(H,16,17). The quantitative estimate of drug-likeness (QED) is 0.911. The van der Waals surface area contributed by atoms with Gasteiger partial charge in [-0.05, 0) is 25.1 Å². The second-order valence-electron chi connectivity index (χ2n) is 4.01. The molecule has 2 N–H and O–H groups in total. The van der Waals surface area contributed by atoms with Crippen LogP contribution >= 0.6 is 15.9 Å².